The minimum atomic E-state index is -0.737. The van der Waals surface area contributed by atoms with Gasteiger partial charge in [-0.15, -0.1) is 0 Å². The van der Waals surface area contributed by atoms with Crippen LogP contribution in [0.2, 0.25) is 0 Å². The van der Waals surface area contributed by atoms with Crippen LogP contribution >= 0.6 is 15.9 Å². The Morgan fingerprint density at radius 3 is 2.78 bits per heavy atom. The first-order valence-electron chi connectivity index (χ1n) is 10.0. The van der Waals surface area contributed by atoms with Crippen LogP contribution in [0, 0.1) is 0 Å². The predicted molar refractivity (Wildman–Crippen MR) is 123 cm³/mol. The quantitative estimate of drug-likeness (QED) is 0.362. The summed E-state index contributed by atoms with van der Waals surface area (Å²) >= 11 is 3.42. The highest BCUT2D eigenvalue weighted by molar-refractivity contribution is 9.10. The number of anilines is 1. The fourth-order valence-electron chi connectivity index (χ4n) is 4.13. The van der Waals surface area contributed by atoms with Gasteiger partial charge in [0.05, 0.1) is 29.4 Å². The summed E-state index contributed by atoms with van der Waals surface area (Å²) in [6, 6.07) is 8.03. The zero-order valence-corrected chi connectivity index (χ0v) is 18.8. The highest BCUT2D eigenvalue weighted by Gasteiger charge is 2.27. The maximum absolute atomic E-state index is 12.9. The summed E-state index contributed by atoms with van der Waals surface area (Å²) in [4.78, 5) is 52.6. The number of nitrogens with zero attached hydrogens (tertiary/aromatic N) is 1. The second-order valence-corrected chi connectivity index (χ2v) is 8.53. The van der Waals surface area contributed by atoms with Crippen molar-refractivity contribution in [2.75, 3.05) is 12.4 Å². The Labute approximate surface area is 190 Å². The van der Waals surface area contributed by atoms with Gasteiger partial charge >= 0.3 is 17.1 Å². The number of carbonyl (C=O) groups is 2. The van der Waals surface area contributed by atoms with Crippen LogP contribution in [0.25, 0.3) is 11.0 Å². The molecule has 9 nitrogen and oxygen atoms in total. The third-order valence-corrected chi connectivity index (χ3v) is 6.05. The van der Waals surface area contributed by atoms with Gasteiger partial charge in [-0.25, -0.2) is 4.79 Å². The molecule has 10 heteroatoms. The van der Waals surface area contributed by atoms with Crippen LogP contribution in [0.4, 0.5) is 5.69 Å². The number of aromatic nitrogens is 2. The topological polar surface area (TPSA) is 136 Å². The summed E-state index contributed by atoms with van der Waals surface area (Å²) in [5.74, 6) is -0.984. The maximum Gasteiger partial charge on any atom is 0.339 e. The lowest BCUT2D eigenvalue weighted by Crippen LogP contribution is -2.41. The van der Waals surface area contributed by atoms with Crippen LogP contribution in [0.5, 0.6) is 0 Å². The van der Waals surface area contributed by atoms with Gasteiger partial charge in [-0.05, 0) is 48.2 Å². The highest BCUT2D eigenvalue weighted by Crippen LogP contribution is 2.32. The number of halogens is 1. The molecule has 0 bridgehead atoms. The van der Waals surface area contributed by atoms with Gasteiger partial charge in [0.2, 0.25) is 5.91 Å². The van der Waals surface area contributed by atoms with Crippen molar-refractivity contribution >= 4 is 44.5 Å². The second kappa shape index (κ2) is 8.71. The van der Waals surface area contributed by atoms with E-state index in [1.165, 1.54) is 11.7 Å². The van der Waals surface area contributed by atoms with Crippen LogP contribution < -0.4 is 22.2 Å². The molecule has 0 aliphatic carbocycles. The highest BCUT2D eigenvalue weighted by atomic mass is 79.9. The number of methoxy groups -OCH3 is 1. The first-order chi connectivity index (χ1) is 15.3. The molecule has 1 amide bonds. The van der Waals surface area contributed by atoms with E-state index in [2.05, 4.69) is 26.2 Å². The Kier molecular flexibility index (Phi) is 5.98. The minimum Gasteiger partial charge on any atom is -0.465 e. The Balaban J connectivity index is 1.67. The van der Waals surface area contributed by atoms with Gasteiger partial charge in [-0.1, -0.05) is 22.0 Å². The van der Waals surface area contributed by atoms with E-state index in [4.69, 9.17) is 10.5 Å². The maximum atomic E-state index is 12.9. The molecule has 1 aromatic heterocycles. The molecule has 32 heavy (non-hydrogen) atoms. The Morgan fingerprint density at radius 1 is 1.28 bits per heavy atom. The number of H-pyrrole nitrogens is 1. The number of nitrogens with one attached hydrogen (secondary N) is 2. The third kappa shape index (κ3) is 3.98. The van der Waals surface area contributed by atoms with Crippen molar-refractivity contribution in [1.82, 2.24) is 9.55 Å². The molecular formula is C22H21BrN4O5. The molecular weight excluding hydrogens is 480 g/mol. The Bertz CT molecular complexity index is 1360. The lowest BCUT2D eigenvalue weighted by atomic mass is 9.96. The van der Waals surface area contributed by atoms with E-state index in [1.54, 1.807) is 24.3 Å². The molecule has 1 aliphatic heterocycles. The average molecular weight is 501 g/mol. The van der Waals surface area contributed by atoms with Gasteiger partial charge < -0.3 is 20.8 Å². The zero-order chi connectivity index (χ0) is 23.0. The fourth-order valence-corrected chi connectivity index (χ4v) is 4.63. The van der Waals surface area contributed by atoms with E-state index >= 15 is 0 Å². The molecule has 0 spiro atoms. The molecule has 0 saturated carbocycles. The summed E-state index contributed by atoms with van der Waals surface area (Å²) in [5.41, 5.74) is 7.51. The standard InChI is InChI=1S/C22H21BrN4O5/c1-32-22(31)15-6-11(10-24)2-5-16(15)25-18(28)9-14-4-3-12-7-13(23)8-17-19(12)27(14)21(30)20(29)26-17/h2,5-8,14H,3-4,9-10,24H2,1H3,(H,25,28)(H,26,29). The molecule has 4 N–H and O–H groups in total. The first-order valence-corrected chi connectivity index (χ1v) is 10.8. The van der Waals surface area contributed by atoms with Crippen molar-refractivity contribution in [2.24, 2.45) is 5.73 Å². The van der Waals surface area contributed by atoms with E-state index in [9.17, 15) is 19.2 Å². The smallest absolute Gasteiger partial charge is 0.339 e. The lowest BCUT2D eigenvalue weighted by molar-refractivity contribution is -0.117. The van der Waals surface area contributed by atoms with E-state index < -0.39 is 23.1 Å². The number of benzene rings is 2. The molecule has 166 valence electrons. The number of ether oxygens (including phenoxy) is 1. The molecule has 2 heterocycles. The molecule has 0 fully saturated rings. The summed E-state index contributed by atoms with van der Waals surface area (Å²) in [6.45, 7) is 0.233. The SMILES string of the molecule is COC(=O)c1cc(CN)ccc1NC(=O)CC1CCc2cc(Br)cc3[nH]c(=O)c(=O)n1c23. The monoisotopic (exact) mass is 500 g/mol. The van der Waals surface area contributed by atoms with Crippen LogP contribution in [0.3, 0.4) is 0 Å². The van der Waals surface area contributed by atoms with Gasteiger partial charge in [-0.3, -0.25) is 19.0 Å². The molecule has 1 atom stereocenters. The van der Waals surface area contributed by atoms with Gasteiger partial charge in [0, 0.05) is 23.5 Å². The number of aromatic amines is 1. The number of hydrogen-bond donors (Lipinski definition) is 3. The molecule has 2 aromatic carbocycles. The summed E-state index contributed by atoms with van der Waals surface area (Å²) in [6.07, 6.45) is 1.14. The van der Waals surface area contributed by atoms with Gasteiger partial charge in [-0.2, -0.15) is 0 Å². The number of hydrogen-bond acceptors (Lipinski definition) is 6. The largest absolute Gasteiger partial charge is 0.465 e. The number of aryl methyl sites for hydroxylation is 1. The van der Waals surface area contributed by atoms with Crippen molar-refractivity contribution < 1.29 is 14.3 Å². The van der Waals surface area contributed by atoms with Gasteiger partial charge in [0.1, 0.15) is 0 Å². The fraction of sp³-hybridized carbons (Fsp3) is 0.273. The molecule has 0 saturated heterocycles. The molecule has 0 radical (unpaired) electrons. The Morgan fingerprint density at radius 2 is 2.06 bits per heavy atom. The number of amides is 1. The van der Waals surface area contributed by atoms with Crippen molar-refractivity contribution in [3.8, 4) is 0 Å². The van der Waals surface area contributed by atoms with Crippen LogP contribution in [-0.2, 0) is 22.5 Å². The third-order valence-electron chi connectivity index (χ3n) is 5.59. The number of rotatable bonds is 5. The number of esters is 1. The average Bonchev–Trinajstić information content (AvgIpc) is 2.77. The molecule has 3 aromatic rings. The normalized spacial score (nSPS) is 14.9. The summed E-state index contributed by atoms with van der Waals surface area (Å²) in [5, 5.41) is 2.73. The zero-order valence-electron chi connectivity index (χ0n) is 17.2. The van der Waals surface area contributed by atoms with Gasteiger partial charge in [0.25, 0.3) is 0 Å². The van der Waals surface area contributed by atoms with Crippen molar-refractivity contribution in [3.63, 3.8) is 0 Å². The number of carbonyl (C=O) groups excluding carboxylic acids is 2. The van der Waals surface area contributed by atoms with Gasteiger partial charge in [0.15, 0.2) is 0 Å². The second-order valence-electron chi connectivity index (χ2n) is 7.61. The van der Waals surface area contributed by atoms with E-state index in [1.807, 2.05) is 6.07 Å². The lowest BCUT2D eigenvalue weighted by Gasteiger charge is -2.27. The summed E-state index contributed by atoms with van der Waals surface area (Å²) < 4.78 is 7.02. The molecule has 1 aliphatic rings. The van der Waals surface area contributed by atoms with Crippen molar-refractivity contribution in [1.29, 1.82) is 0 Å². The van der Waals surface area contributed by atoms with Crippen LogP contribution in [0.1, 0.15) is 40.4 Å². The van der Waals surface area contributed by atoms with Crippen LogP contribution in [0.15, 0.2) is 44.4 Å². The van der Waals surface area contributed by atoms with Crippen LogP contribution in [-0.4, -0.2) is 28.5 Å². The van der Waals surface area contributed by atoms with E-state index in [0.29, 0.717) is 29.6 Å². The van der Waals surface area contributed by atoms with Crippen molar-refractivity contribution in [3.05, 3.63) is 72.2 Å². The molecule has 4 rings (SSSR count). The first kappa shape index (κ1) is 22.0. The minimum absolute atomic E-state index is 0.0345. The molecule has 1 unspecified atom stereocenters. The van der Waals surface area contributed by atoms with E-state index in [0.717, 1.165) is 15.6 Å². The summed E-state index contributed by atoms with van der Waals surface area (Å²) in [7, 11) is 1.26. The Hall–Kier alpha value is -3.24. The number of nitrogens with two attached hydrogens (primary N) is 1. The predicted octanol–water partition coefficient (Wildman–Crippen LogP) is 2.21. The van der Waals surface area contributed by atoms with E-state index in [-0.39, 0.29) is 24.4 Å². The van der Waals surface area contributed by atoms with Crippen molar-refractivity contribution in [2.45, 2.75) is 31.8 Å².